The summed E-state index contributed by atoms with van der Waals surface area (Å²) >= 11 is 2.67. The van der Waals surface area contributed by atoms with Gasteiger partial charge in [-0.3, -0.25) is 14.9 Å². The minimum absolute atomic E-state index is 0.160. The van der Waals surface area contributed by atoms with Crippen LogP contribution in [0.15, 0.2) is 76.4 Å². The van der Waals surface area contributed by atoms with E-state index in [9.17, 15) is 14.9 Å². The summed E-state index contributed by atoms with van der Waals surface area (Å²) in [5, 5.41) is 22.1. The maximum atomic E-state index is 13.6. The first-order valence-electron chi connectivity index (χ1n) is 10.2. The third-order valence-electron chi connectivity index (χ3n) is 5.04. The molecule has 2 aromatic carbocycles. The fourth-order valence-electron chi connectivity index (χ4n) is 3.35. The Balaban J connectivity index is 1.66. The second-order valence-corrected chi connectivity index (χ2v) is 9.36. The maximum Gasteiger partial charge on any atom is 0.284 e. The van der Waals surface area contributed by atoms with Crippen LogP contribution in [0.5, 0.6) is 5.75 Å². The van der Waals surface area contributed by atoms with E-state index in [-0.39, 0.29) is 17.2 Å². The van der Waals surface area contributed by atoms with Crippen LogP contribution in [-0.2, 0) is 20.1 Å². The van der Waals surface area contributed by atoms with E-state index < -0.39 is 4.92 Å². The average molecular weight is 496 g/mol. The van der Waals surface area contributed by atoms with E-state index in [4.69, 9.17) is 4.74 Å². The Morgan fingerprint density at radius 1 is 1.21 bits per heavy atom. The quantitative estimate of drug-likeness (QED) is 0.243. The number of nitro groups is 1. The van der Waals surface area contributed by atoms with Crippen molar-refractivity contribution >= 4 is 34.7 Å². The fourth-order valence-corrected chi connectivity index (χ4v) is 4.92. The molecule has 0 aliphatic heterocycles. The third kappa shape index (κ3) is 5.26. The number of rotatable bonds is 9. The molecule has 1 amide bonds. The van der Waals surface area contributed by atoms with Gasteiger partial charge >= 0.3 is 0 Å². The minimum Gasteiger partial charge on any atom is -0.496 e. The van der Waals surface area contributed by atoms with Gasteiger partial charge < -0.3 is 14.2 Å². The second kappa shape index (κ2) is 10.5. The van der Waals surface area contributed by atoms with Crippen molar-refractivity contribution in [2.45, 2.75) is 23.1 Å². The zero-order valence-corrected chi connectivity index (χ0v) is 20.1. The number of ether oxygens (including phenoxy) is 1. The molecule has 0 spiro atoms. The highest BCUT2D eigenvalue weighted by molar-refractivity contribution is 7.99. The van der Waals surface area contributed by atoms with Crippen molar-refractivity contribution in [2.75, 3.05) is 7.11 Å². The van der Waals surface area contributed by atoms with Crippen LogP contribution in [0.2, 0.25) is 0 Å². The van der Waals surface area contributed by atoms with Gasteiger partial charge in [-0.05, 0) is 41.4 Å². The predicted octanol–water partition coefficient (Wildman–Crippen LogP) is 4.79. The molecule has 9 nitrogen and oxygen atoms in total. The van der Waals surface area contributed by atoms with Crippen LogP contribution in [0, 0.1) is 10.1 Å². The molecule has 0 radical (unpaired) electrons. The largest absolute Gasteiger partial charge is 0.496 e. The molecule has 11 heteroatoms. The first kappa shape index (κ1) is 23.5. The lowest BCUT2D eigenvalue weighted by atomic mass is 10.1. The van der Waals surface area contributed by atoms with E-state index in [2.05, 4.69) is 10.2 Å². The van der Waals surface area contributed by atoms with Crippen LogP contribution >= 0.6 is 23.1 Å². The van der Waals surface area contributed by atoms with Crippen molar-refractivity contribution in [1.29, 1.82) is 0 Å². The monoisotopic (exact) mass is 495 g/mol. The SMILES string of the molecule is COc1ccccc1CN(Cc1cccs1)C(=O)c1ccc(Sc2nncn2C)c([N+](=O)[O-])c1. The zero-order chi connectivity index (χ0) is 24.1. The van der Waals surface area contributed by atoms with Crippen LogP contribution in [0.25, 0.3) is 0 Å². The molecule has 174 valence electrons. The van der Waals surface area contributed by atoms with Crippen molar-refractivity contribution < 1.29 is 14.5 Å². The number of para-hydroxylation sites is 1. The molecular weight excluding hydrogens is 474 g/mol. The summed E-state index contributed by atoms with van der Waals surface area (Å²) in [5.74, 6) is 0.366. The maximum absolute atomic E-state index is 13.6. The molecule has 4 aromatic rings. The molecule has 2 heterocycles. The number of aromatic nitrogens is 3. The molecule has 0 aliphatic rings. The van der Waals surface area contributed by atoms with Crippen LogP contribution in [0.1, 0.15) is 20.8 Å². The minimum atomic E-state index is -0.487. The number of benzene rings is 2. The number of carbonyl (C=O) groups is 1. The molecule has 0 atom stereocenters. The Kier molecular flexibility index (Phi) is 7.24. The summed E-state index contributed by atoms with van der Waals surface area (Å²) in [6, 6.07) is 15.9. The van der Waals surface area contributed by atoms with Crippen LogP contribution < -0.4 is 4.74 Å². The topological polar surface area (TPSA) is 103 Å². The highest BCUT2D eigenvalue weighted by Crippen LogP contribution is 2.34. The predicted molar refractivity (Wildman–Crippen MR) is 129 cm³/mol. The normalized spacial score (nSPS) is 10.8. The molecule has 34 heavy (non-hydrogen) atoms. The van der Waals surface area contributed by atoms with E-state index in [0.717, 1.165) is 22.2 Å². The summed E-state index contributed by atoms with van der Waals surface area (Å²) in [5.41, 5.74) is 0.923. The van der Waals surface area contributed by atoms with Gasteiger partial charge in [-0.25, -0.2) is 0 Å². The standard InChI is InChI=1S/C23H21N5O4S2/c1-26-15-24-25-23(26)34-21-10-9-16(12-19(21)28(30)31)22(29)27(14-18-7-5-11-33-18)13-17-6-3-4-8-20(17)32-2/h3-12,15H,13-14H2,1-2H3. The van der Waals surface area contributed by atoms with Gasteiger partial charge in [-0.1, -0.05) is 24.3 Å². The second-order valence-electron chi connectivity index (χ2n) is 7.32. The average Bonchev–Trinajstić information content (AvgIpc) is 3.50. The molecule has 0 N–H and O–H groups in total. The van der Waals surface area contributed by atoms with Crippen LogP contribution in [0.4, 0.5) is 5.69 Å². The van der Waals surface area contributed by atoms with Crippen molar-refractivity contribution in [3.8, 4) is 5.75 Å². The smallest absolute Gasteiger partial charge is 0.284 e. The molecule has 0 bridgehead atoms. The lowest BCUT2D eigenvalue weighted by Gasteiger charge is -2.23. The molecule has 2 aromatic heterocycles. The van der Waals surface area contributed by atoms with Gasteiger partial charge in [0.05, 0.1) is 30.0 Å². The Bertz CT molecular complexity index is 1310. The molecule has 0 aliphatic carbocycles. The first-order valence-corrected chi connectivity index (χ1v) is 11.9. The number of nitro benzene ring substituents is 1. The van der Waals surface area contributed by atoms with E-state index in [0.29, 0.717) is 28.9 Å². The summed E-state index contributed by atoms with van der Waals surface area (Å²) in [6.07, 6.45) is 1.52. The van der Waals surface area contributed by atoms with Gasteiger partial charge in [0.1, 0.15) is 12.1 Å². The third-order valence-corrected chi connectivity index (χ3v) is 7.02. The zero-order valence-electron chi connectivity index (χ0n) is 18.5. The van der Waals surface area contributed by atoms with E-state index in [1.54, 1.807) is 47.1 Å². The summed E-state index contributed by atoms with van der Waals surface area (Å²) in [4.78, 5) is 28.0. The molecule has 0 fully saturated rings. The lowest BCUT2D eigenvalue weighted by Crippen LogP contribution is -2.30. The summed E-state index contributed by atoms with van der Waals surface area (Å²) < 4.78 is 7.12. The number of amides is 1. The van der Waals surface area contributed by atoms with Crippen molar-refractivity contribution in [2.24, 2.45) is 7.05 Å². The van der Waals surface area contributed by atoms with Gasteiger partial charge in [0.2, 0.25) is 0 Å². The highest BCUT2D eigenvalue weighted by Gasteiger charge is 2.24. The van der Waals surface area contributed by atoms with Gasteiger partial charge in [-0.15, -0.1) is 21.5 Å². The van der Waals surface area contributed by atoms with Crippen molar-refractivity contribution in [1.82, 2.24) is 19.7 Å². The number of aryl methyl sites for hydroxylation is 1. The number of methoxy groups -OCH3 is 1. The van der Waals surface area contributed by atoms with Crippen molar-refractivity contribution in [3.63, 3.8) is 0 Å². The van der Waals surface area contributed by atoms with Crippen molar-refractivity contribution in [3.05, 3.63) is 92.4 Å². The van der Waals surface area contributed by atoms with Gasteiger partial charge in [0.25, 0.3) is 11.6 Å². The molecular formula is C23H21N5O4S2. The number of thiophene rings is 1. The molecule has 4 rings (SSSR count). The number of hydrogen-bond donors (Lipinski definition) is 0. The molecule has 0 saturated heterocycles. The van der Waals surface area contributed by atoms with Gasteiger partial charge in [0.15, 0.2) is 5.16 Å². The molecule has 0 saturated carbocycles. The Morgan fingerprint density at radius 2 is 2.03 bits per heavy atom. The lowest BCUT2D eigenvalue weighted by molar-refractivity contribution is -0.387. The fraction of sp³-hybridized carbons (Fsp3) is 0.174. The first-order chi connectivity index (χ1) is 16.5. The Hall–Kier alpha value is -3.70. The van der Waals surface area contributed by atoms with Gasteiger partial charge in [-0.2, -0.15) is 0 Å². The Labute approximate surface area is 204 Å². The van der Waals surface area contributed by atoms with Crippen LogP contribution in [0.3, 0.4) is 0 Å². The summed E-state index contributed by atoms with van der Waals surface area (Å²) in [6.45, 7) is 0.668. The van der Waals surface area contributed by atoms with E-state index in [1.807, 2.05) is 41.8 Å². The number of nitrogens with zero attached hydrogens (tertiary/aromatic N) is 5. The number of carbonyl (C=O) groups excluding carboxylic acids is 1. The Morgan fingerprint density at radius 3 is 2.71 bits per heavy atom. The van der Waals surface area contributed by atoms with Gasteiger partial charge in [0, 0.05) is 29.1 Å². The highest BCUT2D eigenvalue weighted by atomic mass is 32.2. The summed E-state index contributed by atoms with van der Waals surface area (Å²) in [7, 11) is 3.34. The molecule has 0 unspecified atom stereocenters. The van der Waals surface area contributed by atoms with E-state index in [1.165, 1.54) is 12.4 Å². The van der Waals surface area contributed by atoms with Crippen LogP contribution in [-0.4, -0.2) is 37.6 Å². The number of hydrogen-bond acceptors (Lipinski definition) is 8. The van der Waals surface area contributed by atoms with E-state index >= 15 is 0 Å².